The van der Waals surface area contributed by atoms with Gasteiger partial charge in [0.1, 0.15) is 18.0 Å². The number of ether oxygens (including phenoxy) is 1. The zero-order valence-corrected chi connectivity index (χ0v) is 18.3. The van der Waals surface area contributed by atoms with Gasteiger partial charge in [0.2, 0.25) is 0 Å². The van der Waals surface area contributed by atoms with Gasteiger partial charge in [0.15, 0.2) is 0 Å². The highest BCUT2D eigenvalue weighted by molar-refractivity contribution is 5.87. The van der Waals surface area contributed by atoms with Gasteiger partial charge >= 0.3 is 12.0 Å². The highest BCUT2D eigenvalue weighted by atomic mass is 19.1. The largest absolute Gasteiger partial charge is 0.459 e. The van der Waals surface area contributed by atoms with Crippen LogP contribution < -0.4 is 10.2 Å². The molecule has 2 amide bonds. The maximum absolute atomic E-state index is 13.2. The van der Waals surface area contributed by atoms with E-state index >= 15 is 0 Å². The summed E-state index contributed by atoms with van der Waals surface area (Å²) in [6.45, 7) is 2.60. The molecule has 1 saturated carbocycles. The van der Waals surface area contributed by atoms with E-state index in [9.17, 15) is 14.0 Å². The molecule has 0 spiro atoms. The van der Waals surface area contributed by atoms with Crippen LogP contribution in [0, 0.1) is 5.82 Å². The predicted octanol–water partition coefficient (Wildman–Crippen LogP) is 4.10. The lowest BCUT2D eigenvalue weighted by Gasteiger charge is -2.40. The molecule has 2 aromatic rings. The third kappa shape index (κ3) is 5.21. The number of piperazine rings is 1. The predicted molar refractivity (Wildman–Crippen MR) is 121 cm³/mol. The van der Waals surface area contributed by atoms with Crippen LogP contribution in [-0.2, 0) is 16.1 Å². The molecule has 1 N–H and O–H groups in total. The molecule has 32 heavy (non-hydrogen) atoms. The third-order valence-electron chi connectivity index (χ3n) is 6.42. The van der Waals surface area contributed by atoms with E-state index in [1.54, 1.807) is 17.0 Å². The van der Waals surface area contributed by atoms with Gasteiger partial charge in [0.05, 0.1) is 0 Å². The number of benzene rings is 2. The molecule has 0 radical (unpaired) electrons. The SMILES string of the molecule is O=C(NC1(C(=O)OCc2ccccc2)CCCCC1)N1CCN(c2ccc(F)cc2)CC1. The second kappa shape index (κ2) is 10.0. The quantitative estimate of drug-likeness (QED) is 0.713. The summed E-state index contributed by atoms with van der Waals surface area (Å²) in [7, 11) is 0. The summed E-state index contributed by atoms with van der Waals surface area (Å²) in [4.78, 5) is 30.0. The molecule has 1 aliphatic carbocycles. The molecular weight excluding hydrogens is 409 g/mol. The summed E-state index contributed by atoms with van der Waals surface area (Å²) in [6.07, 6.45) is 4.03. The van der Waals surface area contributed by atoms with Gasteiger partial charge in [-0.3, -0.25) is 0 Å². The third-order valence-corrected chi connectivity index (χ3v) is 6.42. The molecule has 0 aromatic heterocycles. The van der Waals surface area contributed by atoms with Gasteiger partial charge in [-0.25, -0.2) is 14.0 Å². The Kier molecular flexibility index (Phi) is 6.93. The van der Waals surface area contributed by atoms with Gasteiger partial charge in [-0.1, -0.05) is 49.6 Å². The highest BCUT2D eigenvalue weighted by Crippen LogP contribution is 2.30. The summed E-state index contributed by atoms with van der Waals surface area (Å²) in [5.41, 5.74) is 0.910. The zero-order valence-electron chi connectivity index (χ0n) is 18.3. The van der Waals surface area contributed by atoms with Gasteiger partial charge in [-0.05, 0) is 42.7 Å². The fourth-order valence-corrected chi connectivity index (χ4v) is 4.50. The Balaban J connectivity index is 1.35. The number of hydrogen-bond acceptors (Lipinski definition) is 4. The van der Waals surface area contributed by atoms with Crippen molar-refractivity contribution < 1.29 is 18.7 Å². The van der Waals surface area contributed by atoms with Gasteiger partial charge in [0, 0.05) is 31.9 Å². The number of anilines is 1. The summed E-state index contributed by atoms with van der Waals surface area (Å²) in [5, 5.41) is 3.04. The lowest BCUT2D eigenvalue weighted by molar-refractivity contribution is -0.154. The van der Waals surface area contributed by atoms with Crippen LogP contribution in [-0.4, -0.2) is 48.6 Å². The molecule has 2 fully saturated rings. The van der Waals surface area contributed by atoms with Crippen LogP contribution in [0.1, 0.15) is 37.7 Å². The van der Waals surface area contributed by atoms with Crippen molar-refractivity contribution in [2.45, 2.75) is 44.2 Å². The molecule has 2 aromatic carbocycles. The van der Waals surface area contributed by atoms with Crippen molar-refractivity contribution in [1.29, 1.82) is 0 Å². The molecule has 170 valence electrons. The van der Waals surface area contributed by atoms with Crippen molar-refractivity contribution in [1.82, 2.24) is 10.2 Å². The topological polar surface area (TPSA) is 61.9 Å². The van der Waals surface area contributed by atoms with Crippen molar-refractivity contribution in [3.05, 3.63) is 66.0 Å². The van der Waals surface area contributed by atoms with Crippen LogP contribution >= 0.6 is 0 Å². The van der Waals surface area contributed by atoms with E-state index in [0.717, 1.165) is 30.5 Å². The van der Waals surface area contributed by atoms with Crippen LogP contribution in [0.4, 0.5) is 14.9 Å². The summed E-state index contributed by atoms with van der Waals surface area (Å²) < 4.78 is 18.8. The Morgan fingerprint density at radius 3 is 2.22 bits per heavy atom. The van der Waals surface area contributed by atoms with Crippen molar-refractivity contribution in [2.75, 3.05) is 31.1 Å². The Hall–Kier alpha value is -3.09. The number of nitrogens with one attached hydrogen (secondary N) is 1. The van der Waals surface area contributed by atoms with Crippen molar-refractivity contribution in [3.8, 4) is 0 Å². The minimum atomic E-state index is -0.960. The Morgan fingerprint density at radius 1 is 0.906 bits per heavy atom. The first kappa shape index (κ1) is 22.1. The fourth-order valence-electron chi connectivity index (χ4n) is 4.50. The second-order valence-corrected chi connectivity index (χ2v) is 8.59. The minimum Gasteiger partial charge on any atom is -0.459 e. The Labute approximate surface area is 188 Å². The molecule has 1 aliphatic heterocycles. The van der Waals surface area contributed by atoms with Gasteiger partial charge in [-0.2, -0.15) is 0 Å². The van der Waals surface area contributed by atoms with Crippen LogP contribution in [0.3, 0.4) is 0 Å². The molecule has 1 heterocycles. The number of hydrogen-bond donors (Lipinski definition) is 1. The van der Waals surface area contributed by atoms with E-state index in [4.69, 9.17) is 4.74 Å². The van der Waals surface area contributed by atoms with Gasteiger partial charge in [-0.15, -0.1) is 0 Å². The van der Waals surface area contributed by atoms with Gasteiger partial charge < -0.3 is 19.9 Å². The van der Waals surface area contributed by atoms with Crippen molar-refractivity contribution >= 4 is 17.7 Å². The molecule has 2 aliphatic rings. The average Bonchev–Trinajstić information content (AvgIpc) is 2.84. The first-order valence-electron chi connectivity index (χ1n) is 11.3. The first-order valence-corrected chi connectivity index (χ1v) is 11.3. The number of carbonyl (C=O) groups excluding carboxylic acids is 2. The molecule has 0 bridgehead atoms. The molecular formula is C25H30FN3O3. The number of nitrogens with zero attached hydrogens (tertiary/aromatic N) is 2. The van der Waals surface area contributed by atoms with E-state index in [-0.39, 0.29) is 24.4 Å². The maximum atomic E-state index is 13.2. The van der Waals surface area contributed by atoms with Crippen LogP contribution in [0.15, 0.2) is 54.6 Å². The number of amides is 2. The second-order valence-electron chi connectivity index (χ2n) is 8.59. The molecule has 7 heteroatoms. The number of rotatable bonds is 5. The van der Waals surface area contributed by atoms with E-state index in [2.05, 4.69) is 10.2 Å². The van der Waals surface area contributed by atoms with Crippen LogP contribution in [0.5, 0.6) is 0 Å². The van der Waals surface area contributed by atoms with E-state index in [1.807, 2.05) is 30.3 Å². The monoisotopic (exact) mass is 439 g/mol. The van der Waals surface area contributed by atoms with Gasteiger partial charge in [0.25, 0.3) is 0 Å². The van der Waals surface area contributed by atoms with Crippen molar-refractivity contribution in [3.63, 3.8) is 0 Å². The molecule has 1 saturated heterocycles. The maximum Gasteiger partial charge on any atom is 0.332 e. The Bertz CT molecular complexity index is 906. The lowest BCUT2D eigenvalue weighted by Crippen LogP contribution is -2.61. The van der Waals surface area contributed by atoms with Crippen LogP contribution in [0.25, 0.3) is 0 Å². The first-order chi connectivity index (χ1) is 15.6. The molecule has 6 nitrogen and oxygen atoms in total. The Morgan fingerprint density at radius 2 is 1.56 bits per heavy atom. The number of urea groups is 1. The minimum absolute atomic E-state index is 0.202. The summed E-state index contributed by atoms with van der Waals surface area (Å²) >= 11 is 0. The van der Waals surface area contributed by atoms with E-state index in [1.165, 1.54) is 12.1 Å². The van der Waals surface area contributed by atoms with Crippen LogP contribution in [0.2, 0.25) is 0 Å². The van der Waals surface area contributed by atoms with E-state index < -0.39 is 5.54 Å². The zero-order chi connectivity index (χ0) is 22.4. The molecule has 4 rings (SSSR count). The average molecular weight is 440 g/mol. The molecule has 0 unspecified atom stereocenters. The smallest absolute Gasteiger partial charge is 0.332 e. The number of carbonyl (C=O) groups is 2. The van der Waals surface area contributed by atoms with Crippen molar-refractivity contribution in [2.24, 2.45) is 0 Å². The number of halogens is 1. The highest BCUT2D eigenvalue weighted by Gasteiger charge is 2.43. The standard InChI is InChI=1S/C25H30FN3O3/c26-21-9-11-22(12-10-21)28-15-17-29(18-16-28)24(31)27-25(13-5-2-6-14-25)23(30)32-19-20-7-3-1-4-8-20/h1,3-4,7-12H,2,5-6,13-19H2,(H,27,31). The molecule has 0 atom stereocenters. The van der Waals surface area contributed by atoms with E-state index in [0.29, 0.717) is 39.0 Å². The lowest BCUT2D eigenvalue weighted by atomic mass is 9.81. The summed E-state index contributed by atoms with van der Waals surface area (Å²) in [5.74, 6) is -0.608. The normalized spacial score (nSPS) is 18.2. The number of esters is 1. The fraction of sp³-hybridized carbons (Fsp3) is 0.440. The summed E-state index contributed by atoms with van der Waals surface area (Å²) in [6, 6.07) is 15.8.